The average Bonchev–Trinajstić information content (AvgIpc) is 2.46. The van der Waals surface area contributed by atoms with Crippen LogP contribution in [0.2, 0.25) is 0 Å². The molecule has 21 heavy (non-hydrogen) atoms. The normalized spacial score (nSPS) is 11.4. The maximum atomic E-state index is 12.9. The highest BCUT2D eigenvalue weighted by atomic mass is 19.4. The van der Waals surface area contributed by atoms with E-state index in [0.717, 1.165) is 17.2 Å². The molecule has 0 saturated heterocycles. The molecular weight excluding hydrogens is 279 g/mol. The Morgan fingerprint density at radius 2 is 1.52 bits per heavy atom. The smallest absolute Gasteiger partial charge is 0.419 e. The zero-order valence-electron chi connectivity index (χ0n) is 11.4. The molecule has 2 aromatic carbocycles. The number of nitrogens with two attached hydrogens (primary N) is 1. The molecule has 5 heteroatoms. The van der Waals surface area contributed by atoms with Gasteiger partial charge in [0.1, 0.15) is 12.4 Å². The van der Waals surface area contributed by atoms with Gasteiger partial charge < -0.3 is 10.5 Å². The zero-order chi connectivity index (χ0) is 15.3. The van der Waals surface area contributed by atoms with Crippen LogP contribution in [0.4, 0.5) is 13.2 Å². The first-order valence-corrected chi connectivity index (χ1v) is 6.58. The number of hydrogen-bond donors (Lipinski definition) is 1. The predicted octanol–water partition coefficient (Wildman–Crippen LogP) is 3.79. The van der Waals surface area contributed by atoms with Gasteiger partial charge in [-0.05, 0) is 36.2 Å². The van der Waals surface area contributed by atoms with E-state index in [9.17, 15) is 13.2 Å². The highest BCUT2D eigenvalue weighted by Crippen LogP contribution is 2.36. The van der Waals surface area contributed by atoms with Gasteiger partial charge in [-0.25, -0.2) is 0 Å². The van der Waals surface area contributed by atoms with Crippen molar-refractivity contribution in [1.82, 2.24) is 0 Å². The van der Waals surface area contributed by atoms with Crippen LogP contribution in [0.15, 0.2) is 48.5 Å². The molecule has 0 aromatic heterocycles. The Kier molecular flexibility index (Phi) is 4.85. The minimum absolute atomic E-state index is 0.0866. The molecule has 0 amide bonds. The van der Waals surface area contributed by atoms with Crippen molar-refractivity contribution in [3.8, 4) is 5.75 Å². The maximum absolute atomic E-state index is 12.9. The van der Waals surface area contributed by atoms with Gasteiger partial charge in [0, 0.05) is 0 Å². The summed E-state index contributed by atoms with van der Waals surface area (Å²) >= 11 is 0. The van der Waals surface area contributed by atoms with Crippen LogP contribution >= 0.6 is 0 Å². The summed E-state index contributed by atoms with van der Waals surface area (Å²) in [6.45, 7) is 0.569. The highest BCUT2D eigenvalue weighted by Gasteiger charge is 2.33. The summed E-state index contributed by atoms with van der Waals surface area (Å²) in [5.74, 6) is -0.160. The summed E-state index contributed by atoms with van der Waals surface area (Å²) in [4.78, 5) is 0. The Hall–Kier alpha value is -2.01. The fourth-order valence-corrected chi connectivity index (χ4v) is 2.08. The fourth-order valence-electron chi connectivity index (χ4n) is 2.08. The lowest BCUT2D eigenvalue weighted by molar-refractivity contribution is -0.139. The standard InChI is InChI=1S/C16H16F3NO/c17-16(18,19)14-7-3-4-8-15(14)21-11-13-6-2-1-5-12(13)9-10-20/h1-8H,9-11,20H2. The molecule has 2 N–H and O–H groups in total. The van der Waals surface area contributed by atoms with E-state index in [-0.39, 0.29) is 12.4 Å². The molecule has 2 aromatic rings. The zero-order valence-corrected chi connectivity index (χ0v) is 11.4. The van der Waals surface area contributed by atoms with Gasteiger partial charge in [-0.2, -0.15) is 13.2 Å². The lowest BCUT2D eigenvalue weighted by atomic mass is 10.1. The molecule has 0 heterocycles. The summed E-state index contributed by atoms with van der Waals surface area (Å²) in [6.07, 6.45) is -3.76. The average molecular weight is 295 g/mol. The van der Waals surface area contributed by atoms with Gasteiger partial charge in [0.15, 0.2) is 0 Å². The summed E-state index contributed by atoms with van der Waals surface area (Å²) < 4.78 is 44.0. The van der Waals surface area contributed by atoms with Crippen LogP contribution in [-0.4, -0.2) is 6.54 Å². The second kappa shape index (κ2) is 6.63. The van der Waals surface area contributed by atoms with Crippen LogP contribution < -0.4 is 10.5 Å². The number of alkyl halides is 3. The molecule has 0 radical (unpaired) electrons. The van der Waals surface area contributed by atoms with E-state index >= 15 is 0 Å². The van der Waals surface area contributed by atoms with Gasteiger partial charge in [0.25, 0.3) is 0 Å². The van der Waals surface area contributed by atoms with Gasteiger partial charge in [-0.3, -0.25) is 0 Å². The van der Waals surface area contributed by atoms with E-state index in [1.54, 1.807) is 0 Å². The number of para-hydroxylation sites is 1. The van der Waals surface area contributed by atoms with E-state index < -0.39 is 11.7 Å². The molecule has 0 aliphatic carbocycles. The number of hydrogen-bond acceptors (Lipinski definition) is 2. The molecule has 0 saturated carbocycles. The topological polar surface area (TPSA) is 35.2 Å². The maximum Gasteiger partial charge on any atom is 0.419 e. The third-order valence-electron chi connectivity index (χ3n) is 3.11. The third kappa shape index (κ3) is 3.98. The molecular formula is C16H16F3NO. The summed E-state index contributed by atoms with van der Waals surface area (Å²) in [5.41, 5.74) is 6.60. The van der Waals surface area contributed by atoms with Crippen molar-refractivity contribution in [2.45, 2.75) is 19.2 Å². The van der Waals surface area contributed by atoms with E-state index in [0.29, 0.717) is 13.0 Å². The van der Waals surface area contributed by atoms with Crippen molar-refractivity contribution in [3.05, 3.63) is 65.2 Å². The number of ether oxygens (including phenoxy) is 1. The van der Waals surface area contributed by atoms with Crippen LogP contribution in [0.1, 0.15) is 16.7 Å². The monoisotopic (exact) mass is 295 g/mol. The number of halogens is 3. The minimum Gasteiger partial charge on any atom is -0.488 e. The Balaban J connectivity index is 2.18. The van der Waals surface area contributed by atoms with Crippen LogP contribution in [0.25, 0.3) is 0 Å². The SMILES string of the molecule is NCCc1ccccc1COc1ccccc1C(F)(F)F. The lowest BCUT2D eigenvalue weighted by Crippen LogP contribution is -2.10. The van der Waals surface area contributed by atoms with E-state index in [1.165, 1.54) is 18.2 Å². The van der Waals surface area contributed by atoms with Crippen molar-refractivity contribution in [3.63, 3.8) is 0 Å². The first-order valence-electron chi connectivity index (χ1n) is 6.58. The first-order chi connectivity index (χ1) is 10.0. The van der Waals surface area contributed by atoms with Crippen molar-refractivity contribution < 1.29 is 17.9 Å². The second-order valence-electron chi connectivity index (χ2n) is 4.59. The molecule has 0 fully saturated rings. The Labute approximate surface area is 121 Å². The lowest BCUT2D eigenvalue weighted by Gasteiger charge is -2.15. The van der Waals surface area contributed by atoms with Gasteiger partial charge in [0.05, 0.1) is 5.56 Å². The fraction of sp³-hybridized carbons (Fsp3) is 0.250. The van der Waals surface area contributed by atoms with Crippen LogP contribution in [0.5, 0.6) is 5.75 Å². The summed E-state index contributed by atoms with van der Waals surface area (Å²) in [7, 11) is 0. The highest BCUT2D eigenvalue weighted by molar-refractivity contribution is 5.36. The molecule has 0 aliphatic heterocycles. The Morgan fingerprint density at radius 1 is 0.905 bits per heavy atom. The Morgan fingerprint density at radius 3 is 2.19 bits per heavy atom. The molecule has 0 aliphatic rings. The molecule has 2 rings (SSSR count). The van der Waals surface area contributed by atoms with Crippen molar-refractivity contribution >= 4 is 0 Å². The Bertz CT molecular complexity index is 596. The third-order valence-corrected chi connectivity index (χ3v) is 3.11. The molecule has 2 nitrogen and oxygen atoms in total. The van der Waals surface area contributed by atoms with Crippen molar-refractivity contribution in [2.24, 2.45) is 5.73 Å². The van der Waals surface area contributed by atoms with Crippen molar-refractivity contribution in [1.29, 1.82) is 0 Å². The molecule has 112 valence electrons. The molecule has 0 unspecified atom stereocenters. The van der Waals surface area contributed by atoms with E-state index in [2.05, 4.69) is 0 Å². The number of benzene rings is 2. The van der Waals surface area contributed by atoms with Crippen LogP contribution in [0.3, 0.4) is 0 Å². The quantitative estimate of drug-likeness (QED) is 0.911. The largest absolute Gasteiger partial charge is 0.488 e. The van der Waals surface area contributed by atoms with Crippen LogP contribution in [-0.2, 0) is 19.2 Å². The van der Waals surface area contributed by atoms with Gasteiger partial charge >= 0.3 is 6.18 Å². The predicted molar refractivity (Wildman–Crippen MR) is 75.0 cm³/mol. The first kappa shape index (κ1) is 15.4. The van der Waals surface area contributed by atoms with Gasteiger partial charge in [-0.1, -0.05) is 36.4 Å². The van der Waals surface area contributed by atoms with Gasteiger partial charge in [-0.15, -0.1) is 0 Å². The molecule has 0 bridgehead atoms. The van der Waals surface area contributed by atoms with Crippen LogP contribution in [0, 0.1) is 0 Å². The van der Waals surface area contributed by atoms with E-state index in [1.807, 2.05) is 24.3 Å². The second-order valence-corrected chi connectivity index (χ2v) is 4.59. The number of rotatable bonds is 5. The minimum atomic E-state index is -4.42. The van der Waals surface area contributed by atoms with E-state index in [4.69, 9.17) is 10.5 Å². The summed E-state index contributed by atoms with van der Waals surface area (Å²) in [6, 6.07) is 12.7. The summed E-state index contributed by atoms with van der Waals surface area (Å²) in [5, 5.41) is 0. The molecule has 0 spiro atoms. The van der Waals surface area contributed by atoms with Gasteiger partial charge in [0.2, 0.25) is 0 Å². The molecule has 0 atom stereocenters. The van der Waals surface area contributed by atoms with Crippen molar-refractivity contribution in [2.75, 3.05) is 6.54 Å².